The van der Waals surface area contributed by atoms with Gasteiger partial charge in [-0.1, -0.05) is 55.8 Å². The Hall–Kier alpha value is -2.56. The van der Waals surface area contributed by atoms with Crippen LogP contribution in [0.2, 0.25) is 0 Å². The number of pyridine rings is 2. The van der Waals surface area contributed by atoms with Crippen molar-refractivity contribution in [2.75, 3.05) is 5.73 Å². The van der Waals surface area contributed by atoms with Crippen LogP contribution in [0.3, 0.4) is 0 Å². The molecule has 5 aromatic rings. The van der Waals surface area contributed by atoms with Crippen LogP contribution in [0.4, 0.5) is 5.69 Å². The number of nitrogens with zero attached hydrogens (tertiary/aromatic N) is 3. The van der Waals surface area contributed by atoms with Crippen LogP contribution in [0.15, 0.2) is 67.0 Å². The van der Waals surface area contributed by atoms with Crippen LogP contribution in [0.25, 0.3) is 44.3 Å². The first-order valence-electron chi connectivity index (χ1n) is 11.5. The summed E-state index contributed by atoms with van der Waals surface area (Å²) in [5.74, 6) is 0. The van der Waals surface area contributed by atoms with Gasteiger partial charge < -0.3 is 15.3 Å². The Labute approximate surface area is 225 Å². The molecule has 1 fully saturated rings. The molecule has 1 radical (unpaired) electrons. The number of nitrogens with two attached hydrogens (primary N) is 1. The molecule has 2 aromatic carbocycles. The minimum absolute atomic E-state index is 0. The molecule has 4 nitrogen and oxygen atoms in total. The van der Waals surface area contributed by atoms with Gasteiger partial charge in [0.1, 0.15) is 5.65 Å². The van der Waals surface area contributed by atoms with E-state index in [1.165, 1.54) is 0 Å². The van der Waals surface area contributed by atoms with E-state index in [-0.39, 0.29) is 32.7 Å². The third-order valence-electron chi connectivity index (χ3n) is 7.10. The zero-order valence-corrected chi connectivity index (χ0v) is 22.7. The van der Waals surface area contributed by atoms with E-state index in [2.05, 4.69) is 61.9 Å². The predicted octanol–water partition coefficient (Wildman–Crippen LogP) is 6.97. The maximum absolute atomic E-state index is 6.51. The van der Waals surface area contributed by atoms with Crippen LogP contribution in [0.5, 0.6) is 0 Å². The topological polar surface area (TPSA) is 56.7 Å². The van der Waals surface area contributed by atoms with Crippen LogP contribution < -0.4 is 5.73 Å². The van der Waals surface area contributed by atoms with Crippen LogP contribution in [0.1, 0.15) is 38.3 Å². The molecule has 34 heavy (non-hydrogen) atoms. The van der Waals surface area contributed by atoms with Gasteiger partial charge in [0.2, 0.25) is 0 Å². The summed E-state index contributed by atoms with van der Waals surface area (Å²) in [6.07, 6.45) is 6.38. The molecular formula is C29H27N4Y-. The second-order valence-corrected chi connectivity index (χ2v) is 10.1. The number of anilines is 1. The van der Waals surface area contributed by atoms with Gasteiger partial charge in [0, 0.05) is 67.8 Å². The third kappa shape index (κ3) is 3.77. The fourth-order valence-electron chi connectivity index (χ4n) is 5.40. The number of hydrogen-bond acceptors (Lipinski definition) is 3. The zero-order chi connectivity index (χ0) is 22.7. The Morgan fingerprint density at radius 3 is 2.53 bits per heavy atom. The molecule has 0 unspecified atom stereocenters. The fourth-order valence-corrected chi connectivity index (χ4v) is 5.40. The number of hydrogen-bond donors (Lipinski definition) is 1. The van der Waals surface area contributed by atoms with Crippen LogP contribution >= 0.6 is 0 Å². The van der Waals surface area contributed by atoms with Crippen molar-refractivity contribution in [1.82, 2.24) is 14.5 Å². The van der Waals surface area contributed by atoms with E-state index < -0.39 is 0 Å². The number of aromatic nitrogens is 3. The molecule has 6 rings (SSSR count). The van der Waals surface area contributed by atoms with Crippen molar-refractivity contribution >= 4 is 27.6 Å². The number of fused-ring (bicyclic) bond motifs is 2. The maximum atomic E-state index is 6.51. The van der Waals surface area contributed by atoms with Crippen molar-refractivity contribution in [2.24, 2.45) is 5.41 Å². The molecule has 1 aliphatic rings. The molecule has 0 saturated heterocycles. The Bertz CT molecular complexity index is 1510. The predicted molar refractivity (Wildman–Crippen MR) is 136 cm³/mol. The zero-order valence-electron chi connectivity index (χ0n) is 19.8. The Morgan fingerprint density at radius 1 is 1.03 bits per heavy atom. The van der Waals surface area contributed by atoms with Crippen LogP contribution in [-0.2, 0) is 32.7 Å². The minimum Gasteiger partial charge on any atom is -0.398 e. The van der Waals surface area contributed by atoms with Crippen molar-refractivity contribution in [3.63, 3.8) is 0 Å². The summed E-state index contributed by atoms with van der Waals surface area (Å²) in [6.45, 7) is 6.81. The summed E-state index contributed by atoms with van der Waals surface area (Å²) in [5, 5.41) is 2.05. The SMILES string of the molecule is Cc1c(-c2cn(C3CC(C)(C)C3)c3nccc(N)c23)ccc2[c-]cc(-c3ccccc3)nc12.[Y]. The molecular weight excluding hydrogens is 493 g/mol. The molecule has 0 bridgehead atoms. The largest absolute Gasteiger partial charge is 0.398 e. The minimum atomic E-state index is 0. The van der Waals surface area contributed by atoms with Gasteiger partial charge in [0.25, 0.3) is 0 Å². The first-order chi connectivity index (χ1) is 15.9. The van der Waals surface area contributed by atoms with E-state index in [4.69, 9.17) is 15.7 Å². The van der Waals surface area contributed by atoms with Gasteiger partial charge >= 0.3 is 0 Å². The molecule has 5 heteroatoms. The molecule has 2 N–H and O–H groups in total. The van der Waals surface area contributed by atoms with Gasteiger partial charge in [0.05, 0.1) is 0 Å². The number of nitrogen functional groups attached to an aromatic ring is 1. The number of benzene rings is 2. The molecule has 1 saturated carbocycles. The normalized spacial score (nSPS) is 15.3. The van der Waals surface area contributed by atoms with E-state index in [1.807, 2.05) is 36.5 Å². The van der Waals surface area contributed by atoms with Crippen molar-refractivity contribution in [2.45, 2.75) is 39.7 Å². The summed E-state index contributed by atoms with van der Waals surface area (Å²) in [4.78, 5) is 9.78. The van der Waals surface area contributed by atoms with E-state index >= 15 is 0 Å². The van der Waals surface area contributed by atoms with Gasteiger partial charge in [0.15, 0.2) is 0 Å². The van der Waals surface area contributed by atoms with Gasteiger partial charge in [-0.15, -0.1) is 23.6 Å². The maximum Gasteiger partial charge on any atom is 0.142 e. The molecule has 167 valence electrons. The second kappa shape index (κ2) is 8.59. The molecule has 3 aromatic heterocycles. The standard InChI is InChI=1S/C29H27N4.Y/c1-18-22(11-9-20-10-12-25(32-27(18)20)19-7-5-4-6-8-19)23-17-33(21-15-29(2,3)16-21)28-26(23)24(30)13-14-31-28;/h4-9,11-14,17,21H,15-16H2,1-3H3,(H2,30,31);/q-1;. The monoisotopic (exact) mass is 520 g/mol. The molecule has 1 aliphatic carbocycles. The summed E-state index contributed by atoms with van der Waals surface area (Å²) >= 11 is 0. The average Bonchev–Trinajstić information content (AvgIpc) is 3.18. The molecule has 3 heterocycles. The fraction of sp³-hybridized carbons (Fsp3) is 0.241. The van der Waals surface area contributed by atoms with Crippen molar-refractivity contribution in [3.8, 4) is 22.4 Å². The van der Waals surface area contributed by atoms with Crippen molar-refractivity contribution < 1.29 is 32.7 Å². The van der Waals surface area contributed by atoms with E-state index in [1.54, 1.807) is 0 Å². The second-order valence-electron chi connectivity index (χ2n) is 10.1. The van der Waals surface area contributed by atoms with E-state index in [0.29, 0.717) is 11.5 Å². The average molecular weight is 520 g/mol. The first kappa shape index (κ1) is 23.2. The first-order valence-corrected chi connectivity index (χ1v) is 11.5. The summed E-state index contributed by atoms with van der Waals surface area (Å²) in [6, 6.07) is 22.3. The summed E-state index contributed by atoms with van der Waals surface area (Å²) in [7, 11) is 0. The summed E-state index contributed by atoms with van der Waals surface area (Å²) in [5.41, 5.74) is 15.1. The van der Waals surface area contributed by atoms with Gasteiger partial charge in [-0.25, -0.2) is 4.98 Å². The number of rotatable bonds is 3. The van der Waals surface area contributed by atoms with Crippen LogP contribution in [-0.4, -0.2) is 14.5 Å². The smallest absolute Gasteiger partial charge is 0.142 e. The Balaban J connectivity index is 0.00000241. The number of aryl methyl sites for hydroxylation is 1. The molecule has 0 spiro atoms. The Morgan fingerprint density at radius 2 is 1.79 bits per heavy atom. The van der Waals surface area contributed by atoms with Gasteiger partial charge in [-0.05, 0) is 53.6 Å². The molecule has 0 atom stereocenters. The molecule has 0 aliphatic heterocycles. The van der Waals surface area contributed by atoms with Gasteiger partial charge in [-0.2, -0.15) is 0 Å². The van der Waals surface area contributed by atoms with Crippen LogP contribution in [0, 0.1) is 18.4 Å². The van der Waals surface area contributed by atoms with Gasteiger partial charge in [-0.3, -0.25) is 0 Å². The molecule has 0 amide bonds. The van der Waals surface area contributed by atoms with Crippen molar-refractivity contribution in [1.29, 1.82) is 0 Å². The third-order valence-corrected chi connectivity index (χ3v) is 7.10. The van der Waals surface area contributed by atoms with E-state index in [9.17, 15) is 0 Å². The summed E-state index contributed by atoms with van der Waals surface area (Å²) < 4.78 is 2.34. The van der Waals surface area contributed by atoms with E-state index in [0.717, 1.165) is 68.4 Å². The van der Waals surface area contributed by atoms with Crippen molar-refractivity contribution in [3.05, 3.63) is 78.6 Å². The Kier molecular flexibility index (Phi) is 5.86. The quantitative estimate of drug-likeness (QED) is 0.262.